The standard InChI is InChI=1S/C14H23N3O/c1-14(2,3)9-11(15)8-12(18)7-10-5-4-6-17-13(10)16/h4-6,11H,7-9,15H2,1-3H3,(H2,16,17). The second-order valence-corrected chi connectivity index (χ2v) is 5.99. The first kappa shape index (κ1) is 14.6. The third-order valence-corrected chi connectivity index (χ3v) is 2.68. The third-order valence-electron chi connectivity index (χ3n) is 2.68. The van der Waals surface area contributed by atoms with Crippen LogP contribution in [0, 0.1) is 5.41 Å². The number of rotatable bonds is 5. The Balaban J connectivity index is 2.50. The Labute approximate surface area is 109 Å². The van der Waals surface area contributed by atoms with E-state index in [4.69, 9.17) is 11.5 Å². The zero-order valence-electron chi connectivity index (χ0n) is 11.4. The molecule has 18 heavy (non-hydrogen) atoms. The number of nitrogens with zero attached hydrogens (tertiary/aromatic N) is 1. The maximum Gasteiger partial charge on any atom is 0.138 e. The van der Waals surface area contributed by atoms with Gasteiger partial charge in [0.25, 0.3) is 0 Å². The summed E-state index contributed by atoms with van der Waals surface area (Å²) in [5.41, 5.74) is 12.6. The van der Waals surface area contributed by atoms with Crippen molar-refractivity contribution in [3.63, 3.8) is 0 Å². The molecular weight excluding hydrogens is 226 g/mol. The Kier molecular flexibility index (Phi) is 4.84. The third kappa shape index (κ3) is 5.27. The molecule has 0 spiro atoms. The summed E-state index contributed by atoms with van der Waals surface area (Å²) in [6.07, 6.45) is 3.17. The SMILES string of the molecule is CC(C)(C)CC(N)CC(=O)Cc1cccnc1N. The minimum Gasteiger partial charge on any atom is -0.383 e. The number of ketones is 1. The van der Waals surface area contributed by atoms with Crippen LogP contribution in [0.4, 0.5) is 5.82 Å². The minimum absolute atomic E-state index is 0.0876. The summed E-state index contributed by atoms with van der Waals surface area (Å²) in [6, 6.07) is 3.53. The number of anilines is 1. The van der Waals surface area contributed by atoms with E-state index in [1.165, 1.54) is 0 Å². The molecule has 1 atom stereocenters. The summed E-state index contributed by atoms with van der Waals surface area (Å²) in [5.74, 6) is 0.543. The van der Waals surface area contributed by atoms with E-state index >= 15 is 0 Å². The molecule has 4 heteroatoms. The number of aromatic nitrogens is 1. The van der Waals surface area contributed by atoms with Gasteiger partial charge in [-0.25, -0.2) is 4.98 Å². The molecule has 100 valence electrons. The normalized spacial score (nSPS) is 13.3. The zero-order chi connectivity index (χ0) is 13.8. The molecule has 0 fully saturated rings. The van der Waals surface area contributed by atoms with Gasteiger partial charge in [0.15, 0.2) is 0 Å². The van der Waals surface area contributed by atoms with Crippen molar-refractivity contribution < 1.29 is 4.79 Å². The van der Waals surface area contributed by atoms with Crippen molar-refractivity contribution in [3.05, 3.63) is 23.9 Å². The number of pyridine rings is 1. The van der Waals surface area contributed by atoms with Crippen LogP contribution in [0.25, 0.3) is 0 Å². The zero-order valence-corrected chi connectivity index (χ0v) is 11.4. The summed E-state index contributed by atoms with van der Waals surface area (Å²) in [6.45, 7) is 6.36. The molecule has 4 N–H and O–H groups in total. The van der Waals surface area contributed by atoms with Crippen LogP contribution >= 0.6 is 0 Å². The lowest BCUT2D eigenvalue weighted by Gasteiger charge is -2.22. The van der Waals surface area contributed by atoms with Crippen LogP contribution in [-0.2, 0) is 11.2 Å². The van der Waals surface area contributed by atoms with E-state index < -0.39 is 0 Å². The summed E-state index contributed by atoms with van der Waals surface area (Å²) in [5, 5.41) is 0. The van der Waals surface area contributed by atoms with Crippen molar-refractivity contribution in [3.8, 4) is 0 Å². The van der Waals surface area contributed by atoms with E-state index in [0.29, 0.717) is 18.7 Å². The lowest BCUT2D eigenvalue weighted by atomic mass is 9.86. The second-order valence-electron chi connectivity index (χ2n) is 5.99. The van der Waals surface area contributed by atoms with E-state index in [9.17, 15) is 4.79 Å². The number of carbonyl (C=O) groups is 1. The van der Waals surface area contributed by atoms with Gasteiger partial charge in [0, 0.05) is 30.6 Å². The van der Waals surface area contributed by atoms with Gasteiger partial charge in [0.05, 0.1) is 0 Å². The first-order chi connectivity index (χ1) is 8.28. The van der Waals surface area contributed by atoms with E-state index in [1.54, 1.807) is 12.3 Å². The smallest absolute Gasteiger partial charge is 0.138 e. The quantitative estimate of drug-likeness (QED) is 0.835. The first-order valence-corrected chi connectivity index (χ1v) is 6.24. The minimum atomic E-state index is -0.0876. The van der Waals surface area contributed by atoms with E-state index in [1.807, 2.05) is 6.07 Å². The average molecular weight is 249 g/mol. The van der Waals surface area contributed by atoms with Crippen molar-refractivity contribution >= 4 is 11.6 Å². The molecule has 0 radical (unpaired) electrons. The lowest BCUT2D eigenvalue weighted by molar-refractivity contribution is -0.118. The maximum atomic E-state index is 11.9. The van der Waals surface area contributed by atoms with E-state index in [-0.39, 0.29) is 17.2 Å². The molecule has 0 aliphatic carbocycles. The molecule has 0 aliphatic rings. The van der Waals surface area contributed by atoms with Crippen LogP contribution in [0.15, 0.2) is 18.3 Å². The largest absolute Gasteiger partial charge is 0.383 e. The summed E-state index contributed by atoms with van der Waals surface area (Å²) in [7, 11) is 0. The van der Waals surface area contributed by atoms with E-state index in [2.05, 4.69) is 25.8 Å². The highest BCUT2D eigenvalue weighted by atomic mass is 16.1. The average Bonchev–Trinajstić information content (AvgIpc) is 2.18. The molecule has 1 rings (SSSR count). The van der Waals surface area contributed by atoms with Crippen molar-refractivity contribution in [2.75, 3.05) is 5.73 Å². The predicted molar refractivity (Wildman–Crippen MR) is 74.0 cm³/mol. The fraction of sp³-hybridized carbons (Fsp3) is 0.571. The molecule has 0 aromatic carbocycles. The van der Waals surface area contributed by atoms with Gasteiger partial charge < -0.3 is 11.5 Å². The maximum absolute atomic E-state index is 11.9. The van der Waals surface area contributed by atoms with Gasteiger partial charge in [-0.3, -0.25) is 4.79 Å². The molecule has 0 saturated carbocycles. The van der Waals surface area contributed by atoms with Crippen molar-refractivity contribution in [2.24, 2.45) is 11.1 Å². The number of hydrogen-bond donors (Lipinski definition) is 2. The fourth-order valence-corrected chi connectivity index (χ4v) is 2.04. The van der Waals surface area contributed by atoms with Crippen LogP contribution in [0.5, 0.6) is 0 Å². The lowest BCUT2D eigenvalue weighted by Crippen LogP contribution is -2.29. The molecule has 1 heterocycles. The molecule has 0 amide bonds. The number of nitrogens with two attached hydrogens (primary N) is 2. The molecule has 1 aromatic heterocycles. The second kappa shape index (κ2) is 5.96. The fourth-order valence-electron chi connectivity index (χ4n) is 2.04. The van der Waals surface area contributed by atoms with Crippen molar-refractivity contribution in [1.29, 1.82) is 0 Å². The Hall–Kier alpha value is -1.42. The Morgan fingerprint density at radius 3 is 2.67 bits per heavy atom. The van der Waals surface area contributed by atoms with Crippen LogP contribution in [0.2, 0.25) is 0 Å². The van der Waals surface area contributed by atoms with Gasteiger partial charge >= 0.3 is 0 Å². The highest BCUT2D eigenvalue weighted by molar-refractivity contribution is 5.82. The molecular formula is C14H23N3O. The molecule has 0 aliphatic heterocycles. The van der Waals surface area contributed by atoms with Crippen LogP contribution in [0.1, 0.15) is 39.2 Å². The molecule has 1 unspecified atom stereocenters. The Bertz CT molecular complexity index is 410. The van der Waals surface area contributed by atoms with Crippen molar-refractivity contribution in [1.82, 2.24) is 4.98 Å². The molecule has 0 bridgehead atoms. The van der Waals surface area contributed by atoms with Gasteiger partial charge in [0.2, 0.25) is 0 Å². The van der Waals surface area contributed by atoms with Crippen molar-refractivity contribution in [2.45, 2.75) is 46.1 Å². The number of carbonyl (C=O) groups excluding carboxylic acids is 1. The van der Waals surface area contributed by atoms with Crippen LogP contribution in [-0.4, -0.2) is 16.8 Å². The summed E-state index contributed by atoms with van der Waals surface area (Å²) < 4.78 is 0. The van der Waals surface area contributed by atoms with E-state index in [0.717, 1.165) is 12.0 Å². The summed E-state index contributed by atoms with van der Waals surface area (Å²) >= 11 is 0. The summed E-state index contributed by atoms with van der Waals surface area (Å²) in [4.78, 5) is 15.9. The molecule has 1 aromatic rings. The van der Waals surface area contributed by atoms with Gasteiger partial charge in [-0.05, 0) is 17.9 Å². The number of nitrogen functional groups attached to an aromatic ring is 1. The van der Waals surface area contributed by atoms with Crippen LogP contribution in [0.3, 0.4) is 0 Å². The Morgan fingerprint density at radius 2 is 2.11 bits per heavy atom. The van der Waals surface area contributed by atoms with Gasteiger partial charge in [0.1, 0.15) is 11.6 Å². The van der Waals surface area contributed by atoms with Gasteiger partial charge in [-0.2, -0.15) is 0 Å². The first-order valence-electron chi connectivity index (χ1n) is 6.24. The number of hydrogen-bond acceptors (Lipinski definition) is 4. The Morgan fingerprint density at radius 1 is 1.44 bits per heavy atom. The predicted octanol–water partition coefficient (Wildman–Crippen LogP) is 1.93. The topological polar surface area (TPSA) is 82.0 Å². The van der Waals surface area contributed by atoms with Gasteiger partial charge in [-0.1, -0.05) is 26.8 Å². The highest BCUT2D eigenvalue weighted by Crippen LogP contribution is 2.21. The monoisotopic (exact) mass is 249 g/mol. The van der Waals surface area contributed by atoms with Crippen LogP contribution < -0.4 is 11.5 Å². The van der Waals surface area contributed by atoms with Gasteiger partial charge in [-0.15, -0.1) is 0 Å². The number of Topliss-reactive ketones (excluding diaryl/α,β-unsaturated/α-hetero) is 1. The molecule has 0 saturated heterocycles. The molecule has 4 nitrogen and oxygen atoms in total. The highest BCUT2D eigenvalue weighted by Gasteiger charge is 2.18.